The summed E-state index contributed by atoms with van der Waals surface area (Å²) in [6.45, 7) is 6.11. The number of fused-ring (bicyclic) bond motifs is 1. The number of aliphatic hydroxyl groups excluding tert-OH is 1. The van der Waals surface area contributed by atoms with Gasteiger partial charge in [-0.3, -0.25) is 14.6 Å². The molecule has 0 saturated heterocycles. The molecule has 160 valence electrons. The standard InChI is InChI=1S/C20H25N5O3S2/c1-10(2)7-14(9-26)22-17-15-18(25-20(28)30-15)24-19(23-17)29-11(3)12-5-4-6-13(8-12)16(21)27/h4-6,8,10-11,14,26H,7,9H2,1-3H3,(H2,21,27)(H2,22,23,24,25,28)/t11?,14-/m0/s1. The average Bonchev–Trinajstić information content (AvgIpc) is 3.07. The summed E-state index contributed by atoms with van der Waals surface area (Å²) in [6, 6.07) is 6.96. The van der Waals surface area contributed by atoms with Gasteiger partial charge in [-0.1, -0.05) is 49.1 Å². The summed E-state index contributed by atoms with van der Waals surface area (Å²) >= 11 is 2.45. The Morgan fingerprint density at radius 3 is 2.77 bits per heavy atom. The second-order valence-corrected chi connectivity index (χ2v) is 9.74. The summed E-state index contributed by atoms with van der Waals surface area (Å²) in [5.41, 5.74) is 7.21. The highest BCUT2D eigenvalue weighted by molar-refractivity contribution is 7.99. The van der Waals surface area contributed by atoms with E-state index in [4.69, 9.17) is 5.73 Å². The van der Waals surface area contributed by atoms with Crippen molar-refractivity contribution in [2.45, 2.75) is 43.6 Å². The Balaban J connectivity index is 1.91. The van der Waals surface area contributed by atoms with Crippen LogP contribution in [-0.2, 0) is 0 Å². The van der Waals surface area contributed by atoms with Gasteiger partial charge in [-0.15, -0.1) is 0 Å². The number of primary amides is 1. The lowest BCUT2D eigenvalue weighted by Gasteiger charge is -2.19. The number of aliphatic hydroxyl groups is 1. The molecule has 3 aromatic rings. The van der Waals surface area contributed by atoms with Crippen molar-refractivity contribution < 1.29 is 9.90 Å². The van der Waals surface area contributed by atoms with Gasteiger partial charge in [0.1, 0.15) is 4.70 Å². The number of carbonyl (C=O) groups is 1. The van der Waals surface area contributed by atoms with Crippen LogP contribution in [0.4, 0.5) is 5.82 Å². The van der Waals surface area contributed by atoms with Gasteiger partial charge >= 0.3 is 4.87 Å². The number of nitrogens with one attached hydrogen (secondary N) is 2. The Bertz CT molecular complexity index is 1100. The summed E-state index contributed by atoms with van der Waals surface area (Å²) in [5, 5.41) is 13.4. The quantitative estimate of drug-likeness (QED) is 0.292. The molecule has 1 amide bonds. The molecule has 0 spiro atoms. The molecule has 0 aliphatic carbocycles. The van der Waals surface area contributed by atoms with Crippen LogP contribution in [0.1, 0.15) is 48.4 Å². The van der Waals surface area contributed by atoms with Gasteiger partial charge in [-0.05, 0) is 37.0 Å². The van der Waals surface area contributed by atoms with Crippen LogP contribution in [0.15, 0.2) is 34.2 Å². The third kappa shape index (κ3) is 5.38. The first kappa shape index (κ1) is 22.3. The topological polar surface area (TPSA) is 134 Å². The predicted molar refractivity (Wildman–Crippen MR) is 121 cm³/mol. The maximum atomic E-state index is 11.9. The lowest BCUT2D eigenvalue weighted by atomic mass is 10.0. The molecular weight excluding hydrogens is 422 g/mol. The zero-order valence-electron chi connectivity index (χ0n) is 17.0. The third-order valence-electron chi connectivity index (χ3n) is 4.50. The molecule has 0 fully saturated rings. The van der Waals surface area contributed by atoms with Gasteiger partial charge in [0.05, 0.1) is 12.6 Å². The monoisotopic (exact) mass is 447 g/mol. The highest BCUT2D eigenvalue weighted by atomic mass is 32.2. The van der Waals surface area contributed by atoms with Crippen LogP contribution in [0.2, 0.25) is 0 Å². The van der Waals surface area contributed by atoms with Crippen molar-refractivity contribution in [3.63, 3.8) is 0 Å². The van der Waals surface area contributed by atoms with Gasteiger partial charge in [0, 0.05) is 10.8 Å². The number of benzene rings is 1. The van der Waals surface area contributed by atoms with Gasteiger partial charge in [-0.25, -0.2) is 9.97 Å². The Morgan fingerprint density at radius 2 is 2.10 bits per heavy atom. The van der Waals surface area contributed by atoms with Crippen LogP contribution in [0.25, 0.3) is 10.3 Å². The van der Waals surface area contributed by atoms with E-state index >= 15 is 0 Å². The van der Waals surface area contributed by atoms with Gasteiger partial charge in [0.15, 0.2) is 16.6 Å². The fraction of sp³-hybridized carbons (Fsp3) is 0.400. The zero-order valence-corrected chi connectivity index (χ0v) is 18.6. The largest absolute Gasteiger partial charge is 0.394 e. The van der Waals surface area contributed by atoms with Crippen molar-refractivity contribution in [1.82, 2.24) is 15.0 Å². The molecule has 2 heterocycles. The van der Waals surface area contributed by atoms with Crippen LogP contribution in [0, 0.1) is 5.92 Å². The van der Waals surface area contributed by atoms with E-state index in [9.17, 15) is 14.7 Å². The number of hydrogen-bond acceptors (Lipinski definition) is 8. The van der Waals surface area contributed by atoms with E-state index in [1.54, 1.807) is 18.2 Å². The van der Waals surface area contributed by atoms with Crippen molar-refractivity contribution >= 4 is 45.2 Å². The molecule has 3 rings (SSSR count). The minimum Gasteiger partial charge on any atom is -0.394 e. The smallest absolute Gasteiger partial charge is 0.306 e. The highest BCUT2D eigenvalue weighted by Gasteiger charge is 2.18. The van der Waals surface area contributed by atoms with E-state index < -0.39 is 5.91 Å². The molecule has 1 unspecified atom stereocenters. The van der Waals surface area contributed by atoms with Gasteiger partial charge in [-0.2, -0.15) is 0 Å². The second kappa shape index (κ2) is 9.59. The maximum Gasteiger partial charge on any atom is 0.306 e. The number of aromatic amines is 1. The summed E-state index contributed by atoms with van der Waals surface area (Å²) < 4.78 is 0.634. The van der Waals surface area contributed by atoms with Crippen LogP contribution in [0.5, 0.6) is 0 Å². The van der Waals surface area contributed by atoms with Gasteiger partial charge < -0.3 is 16.2 Å². The normalized spacial score (nSPS) is 13.5. The SMILES string of the molecule is CC(C)C[C@@H](CO)Nc1nc(SC(C)c2cccc(C(N)=O)c2)nc2[nH]c(=O)sc12. The van der Waals surface area contributed by atoms with Gasteiger partial charge in [0.25, 0.3) is 0 Å². The van der Waals surface area contributed by atoms with Crippen molar-refractivity contribution in [1.29, 1.82) is 0 Å². The predicted octanol–water partition coefficient (Wildman–Crippen LogP) is 3.15. The van der Waals surface area contributed by atoms with Crippen molar-refractivity contribution in [2.75, 3.05) is 11.9 Å². The molecule has 0 aliphatic heterocycles. The molecule has 0 radical (unpaired) electrons. The van der Waals surface area contributed by atoms with E-state index in [0.29, 0.717) is 32.8 Å². The molecule has 0 aliphatic rings. The molecule has 30 heavy (non-hydrogen) atoms. The number of nitrogens with two attached hydrogens (primary N) is 1. The van der Waals surface area contributed by atoms with E-state index in [-0.39, 0.29) is 22.8 Å². The Hall–Kier alpha value is -2.43. The lowest BCUT2D eigenvalue weighted by molar-refractivity contribution is 0.1000. The highest BCUT2D eigenvalue weighted by Crippen LogP contribution is 2.35. The lowest BCUT2D eigenvalue weighted by Crippen LogP contribution is -2.26. The van der Waals surface area contributed by atoms with Crippen molar-refractivity contribution in [3.05, 3.63) is 45.1 Å². The molecule has 2 aromatic heterocycles. The average molecular weight is 448 g/mol. The van der Waals surface area contributed by atoms with E-state index in [1.165, 1.54) is 11.8 Å². The molecule has 0 saturated carbocycles. The fourth-order valence-electron chi connectivity index (χ4n) is 3.09. The van der Waals surface area contributed by atoms with E-state index in [0.717, 1.165) is 23.3 Å². The second-order valence-electron chi connectivity index (χ2n) is 7.45. The fourth-order valence-corrected chi connectivity index (χ4v) is 4.70. The molecule has 8 nitrogen and oxygen atoms in total. The molecule has 2 atom stereocenters. The van der Waals surface area contributed by atoms with Crippen LogP contribution < -0.4 is 15.9 Å². The Morgan fingerprint density at radius 1 is 1.33 bits per heavy atom. The Kier molecular flexibility index (Phi) is 7.11. The summed E-state index contributed by atoms with van der Waals surface area (Å²) in [6.07, 6.45) is 0.764. The molecular formula is C20H25N5O3S2. The number of hydrogen-bond donors (Lipinski definition) is 4. The number of H-pyrrole nitrogens is 1. The van der Waals surface area contributed by atoms with Crippen LogP contribution in [-0.4, -0.2) is 38.6 Å². The summed E-state index contributed by atoms with van der Waals surface area (Å²) in [5.74, 6) is 0.446. The number of carbonyl (C=O) groups excluding carboxylic acids is 1. The molecule has 10 heteroatoms. The van der Waals surface area contributed by atoms with E-state index in [1.807, 2.05) is 13.0 Å². The zero-order chi connectivity index (χ0) is 21.8. The minimum atomic E-state index is -0.478. The third-order valence-corrected chi connectivity index (χ3v) is 6.40. The number of nitrogens with zero attached hydrogens (tertiary/aromatic N) is 2. The first-order chi connectivity index (χ1) is 14.3. The molecule has 5 N–H and O–H groups in total. The van der Waals surface area contributed by atoms with Crippen LogP contribution in [0.3, 0.4) is 0 Å². The Labute approximate surface area is 182 Å². The van der Waals surface area contributed by atoms with Gasteiger partial charge in [0.2, 0.25) is 5.91 Å². The maximum absolute atomic E-state index is 11.9. The number of amides is 1. The van der Waals surface area contributed by atoms with Crippen molar-refractivity contribution in [3.8, 4) is 0 Å². The molecule has 0 bridgehead atoms. The van der Waals surface area contributed by atoms with Crippen molar-refractivity contribution in [2.24, 2.45) is 11.7 Å². The number of thiazole rings is 1. The molecule has 1 aromatic carbocycles. The van der Waals surface area contributed by atoms with Crippen LogP contribution >= 0.6 is 23.1 Å². The number of rotatable bonds is 9. The summed E-state index contributed by atoms with van der Waals surface area (Å²) in [4.78, 5) is 35.0. The summed E-state index contributed by atoms with van der Waals surface area (Å²) in [7, 11) is 0. The number of aromatic nitrogens is 3. The first-order valence-electron chi connectivity index (χ1n) is 9.61. The first-order valence-corrected chi connectivity index (χ1v) is 11.3. The number of thioether (sulfide) groups is 1. The number of anilines is 1. The minimum absolute atomic E-state index is 0.0399. The van der Waals surface area contributed by atoms with E-state index in [2.05, 4.69) is 34.1 Å².